The highest BCUT2D eigenvalue weighted by Crippen LogP contribution is 2.37. The van der Waals surface area contributed by atoms with Crippen LogP contribution in [0.5, 0.6) is 0 Å². The number of rotatable bonds is 3. The van der Waals surface area contributed by atoms with Crippen LogP contribution in [0.1, 0.15) is 12.6 Å². The Kier molecular flexibility index (Phi) is 4.36. The molecular formula is C13H14Cl2N2O3S. The van der Waals surface area contributed by atoms with Gasteiger partial charge >= 0.3 is 0 Å². The van der Waals surface area contributed by atoms with E-state index in [1.54, 1.807) is 12.1 Å². The summed E-state index contributed by atoms with van der Waals surface area (Å²) in [6.07, 6.45) is 0.641. The average Bonchev–Trinajstić information content (AvgIpc) is 2.99. The minimum Gasteiger partial charge on any atom is -0.394 e. The Morgan fingerprint density at radius 3 is 2.76 bits per heavy atom. The van der Waals surface area contributed by atoms with Crippen molar-refractivity contribution in [3.63, 3.8) is 0 Å². The molecule has 8 heteroatoms. The predicted octanol–water partition coefficient (Wildman–Crippen LogP) is 2.71. The van der Waals surface area contributed by atoms with Gasteiger partial charge in [0.1, 0.15) is 12.3 Å². The molecule has 2 N–H and O–H groups in total. The molecule has 21 heavy (non-hydrogen) atoms. The summed E-state index contributed by atoms with van der Waals surface area (Å²) in [6.45, 7) is -0.217. The third-order valence-corrected chi connectivity index (χ3v) is 4.93. The van der Waals surface area contributed by atoms with Crippen LogP contribution >= 0.6 is 35.0 Å². The third kappa shape index (κ3) is 2.65. The van der Waals surface area contributed by atoms with Gasteiger partial charge < -0.3 is 14.9 Å². The van der Waals surface area contributed by atoms with Crippen molar-refractivity contribution in [2.24, 2.45) is 0 Å². The van der Waals surface area contributed by atoms with Crippen molar-refractivity contribution in [2.75, 3.05) is 12.9 Å². The highest BCUT2D eigenvalue weighted by atomic mass is 35.5. The third-order valence-electron chi connectivity index (χ3n) is 3.55. The Hall–Kier alpha value is -0.500. The zero-order valence-electron chi connectivity index (χ0n) is 11.2. The minimum absolute atomic E-state index is 0.217. The zero-order valence-corrected chi connectivity index (χ0v) is 13.5. The van der Waals surface area contributed by atoms with Crippen molar-refractivity contribution in [2.45, 2.75) is 30.0 Å². The maximum Gasteiger partial charge on any atom is 0.170 e. The van der Waals surface area contributed by atoms with Crippen LogP contribution in [0.3, 0.4) is 0 Å². The Labute approximate surface area is 135 Å². The summed E-state index contributed by atoms with van der Waals surface area (Å²) in [5.74, 6) is 0. The molecule has 0 spiro atoms. The maximum absolute atomic E-state index is 9.92. The second kappa shape index (κ2) is 5.95. The molecule has 1 saturated heterocycles. The average molecular weight is 349 g/mol. The Balaban J connectivity index is 2.10. The summed E-state index contributed by atoms with van der Waals surface area (Å²) >= 11 is 13.6. The van der Waals surface area contributed by atoms with Gasteiger partial charge in [-0.25, -0.2) is 4.98 Å². The molecule has 1 fully saturated rings. The van der Waals surface area contributed by atoms with Gasteiger partial charge in [0.15, 0.2) is 5.16 Å². The second-order valence-corrected chi connectivity index (χ2v) is 6.43. The van der Waals surface area contributed by atoms with Gasteiger partial charge in [0.25, 0.3) is 0 Å². The molecule has 3 unspecified atom stereocenters. The molecule has 3 atom stereocenters. The van der Waals surface area contributed by atoms with E-state index in [0.29, 0.717) is 16.5 Å². The Bertz CT molecular complexity index is 679. The number of halogens is 2. The molecule has 1 aromatic carbocycles. The first-order chi connectivity index (χ1) is 10.0. The van der Waals surface area contributed by atoms with Crippen LogP contribution in [0.2, 0.25) is 10.0 Å². The number of hydrogen-bond donors (Lipinski definition) is 2. The molecule has 0 saturated carbocycles. The summed E-state index contributed by atoms with van der Waals surface area (Å²) in [4.78, 5) is 4.51. The van der Waals surface area contributed by atoms with E-state index in [-0.39, 0.29) is 12.8 Å². The number of aliphatic hydroxyl groups is 2. The number of thioether (sulfide) groups is 1. The second-order valence-electron chi connectivity index (χ2n) is 4.84. The van der Waals surface area contributed by atoms with Crippen LogP contribution in [-0.2, 0) is 4.74 Å². The van der Waals surface area contributed by atoms with E-state index in [1.807, 2.05) is 10.8 Å². The van der Waals surface area contributed by atoms with Crippen LogP contribution in [0.25, 0.3) is 11.0 Å². The Morgan fingerprint density at radius 2 is 2.14 bits per heavy atom. The van der Waals surface area contributed by atoms with Gasteiger partial charge in [-0.15, -0.1) is 0 Å². The number of aromatic nitrogens is 2. The number of benzene rings is 1. The van der Waals surface area contributed by atoms with E-state index in [9.17, 15) is 10.2 Å². The monoisotopic (exact) mass is 348 g/mol. The molecule has 114 valence electrons. The van der Waals surface area contributed by atoms with Crippen LogP contribution in [-0.4, -0.2) is 44.8 Å². The number of nitrogens with zero attached hydrogens (tertiary/aromatic N) is 2. The Morgan fingerprint density at radius 1 is 1.43 bits per heavy atom. The predicted molar refractivity (Wildman–Crippen MR) is 83.2 cm³/mol. The van der Waals surface area contributed by atoms with Crippen molar-refractivity contribution in [1.82, 2.24) is 9.55 Å². The lowest BCUT2D eigenvalue weighted by atomic mass is 10.2. The van der Waals surface area contributed by atoms with Gasteiger partial charge in [0.2, 0.25) is 0 Å². The maximum atomic E-state index is 9.92. The van der Waals surface area contributed by atoms with Crippen molar-refractivity contribution >= 4 is 46.0 Å². The summed E-state index contributed by atoms with van der Waals surface area (Å²) in [5, 5.41) is 20.8. The largest absolute Gasteiger partial charge is 0.394 e. The number of aliphatic hydroxyl groups excluding tert-OH is 2. The van der Waals surface area contributed by atoms with Crippen molar-refractivity contribution < 1.29 is 14.9 Å². The zero-order chi connectivity index (χ0) is 15.1. The molecule has 3 rings (SSSR count). The van der Waals surface area contributed by atoms with Crippen LogP contribution < -0.4 is 0 Å². The smallest absolute Gasteiger partial charge is 0.170 e. The number of fused-ring (bicyclic) bond motifs is 1. The summed E-state index contributed by atoms with van der Waals surface area (Å²) in [7, 11) is 0. The molecule has 2 heterocycles. The number of ether oxygens (including phenoxy) is 1. The molecule has 0 radical (unpaired) electrons. The van der Waals surface area contributed by atoms with Crippen molar-refractivity contribution in [3.05, 3.63) is 22.2 Å². The van der Waals surface area contributed by atoms with Crippen LogP contribution in [0.4, 0.5) is 0 Å². The molecule has 1 aromatic heterocycles. The number of imidazole rings is 1. The van der Waals surface area contributed by atoms with Crippen LogP contribution in [0, 0.1) is 0 Å². The fourth-order valence-electron chi connectivity index (χ4n) is 2.53. The highest BCUT2D eigenvalue weighted by molar-refractivity contribution is 7.98. The topological polar surface area (TPSA) is 67.5 Å². The molecule has 5 nitrogen and oxygen atoms in total. The lowest BCUT2D eigenvalue weighted by Gasteiger charge is -2.16. The van der Waals surface area contributed by atoms with Gasteiger partial charge in [-0.3, -0.25) is 4.57 Å². The lowest BCUT2D eigenvalue weighted by Crippen LogP contribution is -2.24. The fraction of sp³-hybridized carbons (Fsp3) is 0.462. The molecule has 0 amide bonds. The minimum atomic E-state index is -0.699. The van der Waals surface area contributed by atoms with E-state index in [1.165, 1.54) is 11.8 Å². The molecule has 2 aromatic rings. The molecule has 1 aliphatic heterocycles. The standard InChI is InChI=1S/C13H14Cl2N2O3S/c1-21-13-16-8-2-6(14)7(15)3-9(8)17(13)12-4-10(19)11(5-18)20-12/h2-3,10-12,18-19H,4-5H2,1H3. The van der Waals surface area contributed by atoms with E-state index >= 15 is 0 Å². The summed E-state index contributed by atoms with van der Waals surface area (Å²) < 4.78 is 7.61. The summed E-state index contributed by atoms with van der Waals surface area (Å²) in [6, 6.07) is 3.46. The first-order valence-electron chi connectivity index (χ1n) is 6.40. The fourth-order valence-corrected chi connectivity index (χ4v) is 3.45. The molecule has 0 aliphatic carbocycles. The van der Waals surface area contributed by atoms with Crippen LogP contribution in [0.15, 0.2) is 17.3 Å². The van der Waals surface area contributed by atoms with E-state index in [2.05, 4.69) is 4.98 Å². The van der Waals surface area contributed by atoms with E-state index in [4.69, 9.17) is 27.9 Å². The normalized spacial score (nSPS) is 25.9. The summed E-state index contributed by atoms with van der Waals surface area (Å²) in [5.41, 5.74) is 1.52. The first kappa shape index (κ1) is 15.4. The molecule has 0 bridgehead atoms. The van der Waals surface area contributed by atoms with E-state index in [0.717, 1.165) is 16.2 Å². The quantitative estimate of drug-likeness (QED) is 0.834. The number of hydrogen-bond acceptors (Lipinski definition) is 5. The van der Waals surface area contributed by atoms with Gasteiger partial charge in [-0.05, 0) is 18.4 Å². The van der Waals surface area contributed by atoms with E-state index < -0.39 is 12.2 Å². The molecular weight excluding hydrogens is 335 g/mol. The highest BCUT2D eigenvalue weighted by Gasteiger charge is 2.36. The van der Waals surface area contributed by atoms with Crippen molar-refractivity contribution in [3.8, 4) is 0 Å². The molecule has 1 aliphatic rings. The lowest BCUT2D eigenvalue weighted by molar-refractivity contribution is -0.0456. The SMILES string of the molecule is CSc1nc2cc(Cl)c(Cl)cc2n1C1CC(O)C(CO)O1. The first-order valence-corrected chi connectivity index (χ1v) is 8.38. The van der Waals surface area contributed by atoms with Gasteiger partial charge in [-0.2, -0.15) is 0 Å². The van der Waals surface area contributed by atoms with Gasteiger partial charge in [-0.1, -0.05) is 35.0 Å². The van der Waals surface area contributed by atoms with Gasteiger partial charge in [0, 0.05) is 6.42 Å². The van der Waals surface area contributed by atoms with Gasteiger partial charge in [0.05, 0.1) is 33.8 Å². The van der Waals surface area contributed by atoms with Crippen molar-refractivity contribution in [1.29, 1.82) is 0 Å².